The van der Waals surface area contributed by atoms with E-state index in [2.05, 4.69) is 11.9 Å². The number of halogens is 1. The summed E-state index contributed by atoms with van der Waals surface area (Å²) in [6.45, 7) is 9.81. The van der Waals surface area contributed by atoms with Crippen LogP contribution in [-0.2, 0) is 11.3 Å². The van der Waals surface area contributed by atoms with Crippen LogP contribution in [0.3, 0.4) is 0 Å². The predicted molar refractivity (Wildman–Crippen MR) is 82.7 cm³/mol. The molecule has 1 unspecified atom stereocenters. The van der Waals surface area contributed by atoms with Crippen molar-refractivity contribution in [2.24, 2.45) is 0 Å². The minimum atomic E-state index is 0.137. The molecule has 1 heterocycles. The van der Waals surface area contributed by atoms with E-state index < -0.39 is 0 Å². The highest BCUT2D eigenvalue weighted by atomic mass is 35.5. The van der Waals surface area contributed by atoms with Crippen LogP contribution in [0.2, 0.25) is 4.34 Å². The van der Waals surface area contributed by atoms with Crippen molar-refractivity contribution in [3.05, 3.63) is 34.0 Å². The van der Waals surface area contributed by atoms with Gasteiger partial charge in [-0.05, 0) is 25.6 Å². The summed E-state index contributed by atoms with van der Waals surface area (Å²) in [5, 5.41) is 3.25. The number of thiophene rings is 1. The quantitative estimate of drug-likeness (QED) is 0.747. The van der Waals surface area contributed by atoms with Crippen molar-refractivity contribution < 1.29 is 4.79 Å². The van der Waals surface area contributed by atoms with Crippen molar-refractivity contribution in [2.75, 3.05) is 13.1 Å². The summed E-state index contributed by atoms with van der Waals surface area (Å²) in [4.78, 5) is 15.1. The van der Waals surface area contributed by atoms with E-state index in [0.29, 0.717) is 19.5 Å². The Bertz CT molecular complexity index is 419. The highest BCUT2D eigenvalue weighted by molar-refractivity contribution is 7.16. The third kappa shape index (κ3) is 5.76. The summed E-state index contributed by atoms with van der Waals surface area (Å²) < 4.78 is 0.752. The maximum atomic E-state index is 12.2. The molecule has 106 valence electrons. The molecule has 0 saturated heterocycles. The molecule has 0 aliphatic heterocycles. The van der Waals surface area contributed by atoms with Crippen LogP contribution in [0.5, 0.6) is 0 Å². The topological polar surface area (TPSA) is 32.3 Å². The molecule has 0 aliphatic rings. The maximum absolute atomic E-state index is 12.2. The molecule has 19 heavy (non-hydrogen) atoms. The lowest BCUT2D eigenvalue weighted by Gasteiger charge is -2.22. The summed E-state index contributed by atoms with van der Waals surface area (Å²) >= 11 is 7.42. The largest absolute Gasteiger partial charge is 0.334 e. The first-order valence-electron chi connectivity index (χ1n) is 6.43. The van der Waals surface area contributed by atoms with E-state index >= 15 is 0 Å². The number of hydrogen-bond acceptors (Lipinski definition) is 3. The first kappa shape index (κ1) is 16.2. The van der Waals surface area contributed by atoms with Gasteiger partial charge in [-0.25, -0.2) is 0 Å². The molecule has 1 rings (SSSR count). The average Bonchev–Trinajstić information content (AvgIpc) is 2.74. The van der Waals surface area contributed by atoms with Gasteiger partial charge in [0.2, 0.25) is 5.91 Å². The number of amides is 1. The summed E-state index contributed by atoms with van der Waals surface area (Å²) in [6.07, 6.45) is 2.26. The van der Waals surface area contributed by atoms with Crippen LogP contribution in [0.15, 0.2) is 24.8 Å². The smallest absolute Gasteiger partial charge is 0.224 e. The molecule has 0 fully saturated rings. The molecule has 0 spiro atoms. The Kier molecular flexibility index (Phi) is 7.13. The van der Waals surface area contributed by atoms with Crippen LogP contribution >= 0.6 is 22.9 Å². The van der Waals surface area contributed by atoms with Crippen LogP contribution in [0.1, 0.15) is 25.1 Å². The van der Waals surface area contributed by atoms with Crippen molar-refractivity contribution in [3.8, 4) is 0 Å². The number of carbonyl (C=O) groups is 1. The van der Waals surface area contributed by atoms with Gasteiger partial charge < -0.3 is 10.2 Å². The molecule has 0 saturated carbocycles. The molecule has 0 aliphatic carbocycles. The van der Waals surface area contributed by atoms with Crippen LogP contribution in [-0.4, -0.2) is 29.9 Å². The SMILES string of the molecule is C=CCN(Cc1ccc(Cl)s1)C(=O)CC(C)NCC. The third-order valence-electron chi connectivity index (χ3n) is 2.71. The zero-order valence-electron chi connectivity index (χ0n) is 11.5. The minimum absolute atomic E-state index is 0.137. The van der Waals surface area contributed by atoms with Gasteiger partial charge in [0, 0.05) is 23.9 Å². The zero-order valence-corrected chi connectivity index (χ0v) is 13.1. The number of nitrogens with zero attached hydrogens (tertiary/aromatic N) is 1. The van der Waals surface area contributed by atoms with E-state index in [1.165, 1.54) is 11.3 Å². The zero-order chi connectivity index (χ0) is 14.3. The lowest BCUT2D eigenvalue weighted by molar-refractivity contribution is -0.131. The molecule has 3 nitrogen and oxygen atoms in total. The van der Waals surface area contributed by atoms with Gasteiger partial charge >= 0.3 is 0 Å². The van der Waals surface area contributed by atoms with Crippen LogP contribution < -0.4 is 5.32 Å². The molecule has 1 N–H and O–H groups in total. The number of rotatable bonds is 8. The van der Waals surface area contributed by atoms with E-state index in [0.717, 1.165) is 15.8 Å². The Balaban J connectivity index is 2.60. The first-order chi connectivity index (χ1) is 9.06. The van der Waals surface area contributed by atoms with Gasteiger partial charge in [0.05, 0.1) is 10.9 Å². The fourth-order valence-corrected chi connectivity index (χ4v) is 2.95. The molecule has 1 aromatic heterocycles. The van der Waals surface area contributed by atoms with Gasteiger partial charge in [-0.15, -0.1) is 17.9 Å². The molecule has 0 bridgehead atoms. The Hall–Kier alpha value is -0.840. The van der Waals surface area contributed by atoms with Gasteiger partial charge in [0.15, 0.2) is 0 Å². The second-order valence-electron chi connectivity index (χ2n) is 4.43. The highest BCUT2D eigenvalue weighted by Crippen LogP contribution is 2.23. The van der Waals surface area contributed by atoms with Crippen LogP contribution in [0.25, 0.3) is 0 Å². The number of nitrogens with one attached hydrogen (secondary N) is 1. The molecule has 0 radical (unpaired) electrons. The normalized spacial score (nSPS) is 12.2. The Morgan fingerprint density at radius 3 is 2.89 bits per heavy atom. The van der Waals surface area contributed by atoms with Gasteiger partial charge in [-0.2, -0.15) is 0 Å². The summed E-state index contributed by atoms with van der Waals surface area (Å²) in [5.41, 5.74) is 0. The Morgan fingerprint density at radius 2 is 2.37 bits per heavy atom. The molecule has 5 heteroatoms. The lowest BCUT2D eigenvalue weighted by Crippen LogP contribution is -2.36. The molecule has 1 amide bonds. The Labute approximate surface area is 124 Å². The number of hydrogen-bond donors (Lipinski definition) is 1. The molecular weight excluding hydrogens is 280 g/mol. The number of carbonyl (C=O) groups excluding carboxylic acids is 1. The van der Waals surface area contributed by atoms with Crippen molar-refractivity contribution in [3.63, 3.8) is 0 Å². The summed E-state index contributed by atoms with van der Waals surface area (Å²) in [6, 6.07) is 4.01. The van der Waals surface area contributed by atoms with Crippen LogP contribution in [0.4, 0.5) is 0 Å². The molecule has 0 aromatic carbocycles. The fraction of sp³-hybridized carbons (Fsp3) is 0.500. The van der Waals surface area contributed by atoms with Gasteiger partial charge in [-0.1, -0.05) is 24.6 Å². The lowest BCUT2D eigenvalue weighted by atomic mass is 10.2. The van der Waals surface area contributed by atoms with Gasteiger partial charge in [0.25, 0.3) is 0 Å². The average molecular weight is 301 g/mol. The fourth-order valence-electron chi connectivity index (χ4n) is 1.85. The third-order valence-corrected chi connectivity index (χ3v) is 3.93. The van der Waals surface area contributed by atoms with Crippen molar-refractivity contribution in [1.29, 1.82) is 0 Å². The van der Waals surface area contributed by atoms with E-state index in [1.807, 2.05) is 30.9 Å². The predicted octanol–water partition coefficient (Wildman–Crippen LogP) is 3.30. The monoisotopic (exact) mass is 300 g/mol. The molecule has 1 aromatic rings. The molecular formula is C14H21ClN2OS. The Morgan fingerprint density at radius 1 is 1.63 bits per heavy atom. The van der Waals surface area contributed by atoms with Crippen molar-refractivity contribution >= 4 is 28.8 Å². The maximum Gasteiger partial charge on any atom is 0.224 e. The van der Waals surface area contributed by atoms with Crippen LogP contribution in [0, 0.1) is 0 Å². The molecule has 1 atom stereocenters. The summed E-state index contributed by atoms with van der Waals surface area (Å²) in [5.74, 6) is 0.137. The standard InChI is InChI=1S/C14H21ClN2OS/c1-4-8-17(10-12-6-7-13(15)19-12)14(18)9-11(3)16-5-2/h4,6-7,11,16H,1,5,8-10H2,2-3H3. The first-order valence-corrected chi connectivity index (χ1v) is 7.62. The van der Waals surface area contributed by atoms with Gasteiger partial charge in [-0.3, -0.25) is 4.79 Å². The minimum Gasteiger partial charge on any atom is -0.334 e. The van der Waals surface area contributed by atoms with E-state index in [4.69, 9.17) is 11.6 Å². The second-order valence-corrected chi connectivity index (χ2v) is 6.23. The van der Waals surface area contributed by atoms with E-state index in [1.54, 1.807) is 6.08 Å². The van der Waals surface area contributed by atoms with Gasteiger partial charge in [0.1, 0.15) is 0 Å². The van der Waals surface area contributed by atoms with E-state index in [-0.39, 0.29) is 11.9 Å². The highest BCUT2D eigenvalue weighted by Gasteiger charge is 2.16. The van der Waals surface area contributed by atoms with E-state index in [9.17, 15) is 4.79 Å². The van der Waals surface area contributed by atoms with Crippen molar-refractivity contribution in [1.82, 2.24) is 10.2 Å². The second kappa shape index (κ2) is 8.35. The van der Waals surface area contributed by atoms with Crippen molar-refractivity contribution in [2.45, 2.75) is 32.9 Å². The summed E-state index contributed by atoms with van der Waals surface area (Å²) in [7, 11) is 0.